The van der Waals surface area contributed by atoms with Gasteiger partial charge in [-0.05, 0) is 55.7 Å². The van der Waals surface area contributed by atoms with E-state index < -0.39 is 28.8 Å². The molecule has 4 heterocycles. The molecule has 0 saturated heterocycles. The van der Waals surface area contributed by atoms with Crippen molar-refractivity contribution in [2.45, 2.75) is 45.8 Å². The lowest BCUT2D eigenvalue weighted by Gasteiger charge is -2.22. The fourth-order valence-corrected chi connectivity index (χ4v) is 5.13. The number of nitrogens with zero attached hydrogens (tertiary/aromatic N) is 6. The van der Waals surface area contributed by atoms with Gasteiger partial charge in [-0.1, -0.05) is 13.0 Å². The standard InChI is InChI=1S/C32H33F2N7O5/c1-3-13-40-29-27(31(44)41(32(40)45)17-7-18-46-2)36-28(37-29)22-10-12-25(35-20-22)39(16-6-15-38-14-5-4-8-26(38)42)30(43)21-9-11-23(33)24(34)19-21/h4-5,8-12,14,19-20H,3,6-7,13,15-18H2,1-2H3,(H,36,37). The Labute approximate surface area is 261 Å². The first-order valence-corrected chi connectivity index (χ1v) is 14.8. The maximum absolute atomic E-state index is 14.0. The Morgan fingerprint density at radius 2 is 1.80 bits per heavy atom. The van der Waals surface area contributed by atoms with Crippen molar-refractivity contribution in [3.8, 4) is 11.4 Å². The first-order chi connectivity index (χ1) is 22.2. The second-order valence-corrected chi connectivity index (χ2v) is 10.6. The van der Waals surface area contributed by atoms with E-state index in [-0.39, 0.29) is 41.2 Å². The van der Waals surface area contributed by atoms with Crippen LogP contribution in [-0.4, -0.2) is 54.8 Å². The summed E-state index contributed by atoms with van der Waals surface area (Å²) in [7, 11) is 1.55. The van der Waals surface area contributed by atoms with Gasteiger partial charge in [0.05, 0.1) is 0 Å². The first-order valence-electron chi connectivity index (χ1n) is 14.8. The smallest absolute Gasteiger partial charge is 0.332 e. The van der Waals surface area contributed by atoms with Crippen molar-refractivity contribution < 1.29 is 18.3 Å². The van der Waals surface area contributed by atoms with Gasteiger partial charge in [0.25, 0.3) is 11.5 Å². The number of amides is 1. The average molecular weight is 634 g/mol. The number of halogens is 2. The molecule has 0 saturated carbocycles. The predicted molar refractivity (Wildman–Crippen MR) is 168 cm³/mol. The van der Waals surface area contributed by atoms with Crippen molar-refractivity contribution in [1.29, 1.82) is 0 Å². The molecule has 0 radical (unpaired) electrons. The van der Waals surface area contributed by atoms with E-state index in [9.17, 15) is 28.0 Å². The molecule has 0 atom stereocenters. The van der Waals surface area contributed by atoms with Gasteiger partial charge in [0.15, 0.2) is 17.3 Å². The molecule has 0 aliphatic rings. The molecule has 0 bridgehead atoms. The molecule has 0 spiro atoms. The average Bonchev–Trinajstić information content (AvgIpc) is 3.51. The molecule has 46 heavy (non-hydrogen) atoms. The molecule has 5 aromatic rings. The summed E-state index contributed by atoms with van der Waals surface area (Å²) in [5.74, 6) is -2.33. The number of anilines is 1. The number of methoxy groups -OCH3 is 1. The lowest BCUT2D eigenvalue weighted by Crippen LogP contribution is -2.40. The number of imidazole rings is 1. The van der Waals surface area contributed by atoms with Gasteiger partial charge < -0.3 is 14.3 Å². The summed E-state index contributed by atoms with van der Waals surface area (Å²) in [6.45, 7) is 3.28. The van der Waals surface area contributed by atoms with Gasteiger partial charge in [0.2, 0.25) is 5.56 Å². The van der Waals surface area contributed by atoms with Crippen molar-refractivity contribution in [3.05, 3.63) is 109 Å². The van der Waals surface area contributed by atoms with Crippen LogP contribution in [-0.2, 0) is 24.4 Å². The molecule has 1 N–H and O–H groups in total. The molecule has 14 heteroatoms. The van der Waals surface area contributed by atoms with Gasteiger partial charge in [0.1, 0.15) is 17.2 Å². The number of aromatic amines is 1. The van der Waals surface area contributed by atoms with Crippen LogP contribution in [0.1, 0.15) is 36.5 Å². The van der Waals surface area contributed by atoms with Gasteiger partial charge in [-0.25, -0.2) is 23.5 Å². The van der Waals surface area contributed by atoms with E-state index >= 15 is 0 Å². The molecule has 0 unspecified atom stereocenters. The maximum atomic E-state index is 14.0. The van der Waals surface area contributed by atoms with Crippen molar-refractivity contribution >= 4 is 22.9 Å². The third kappa shape index (κ3) is 6.71. The van der Waals surface area contributed by atoms with Crippen LogP contribution in [0, 0.1) is 11.6 Å². The zero-order valence-corrected chi connectivity index (χ0v) is 25.4. The van der Waals surface area contributed by atoms with E-state index in [2.05, 4.69) is 15.0 Å². The van der Waals surface area contributed by atoms with Gasteiger partial charge in [0, 0.05) is 69.5 Å². The van der Waals surface area contributed by atoms with Crippen molar-refractivity contribution in [3.63, 3.8) is 0 Å². The number of aromatic nitrogens is 6. The fourth-order valence-electron chi connectivity index (χ4n) is 5.13. The zero-order valence-electron chi connectivity index (χ0n) is 25.4. The maximum Gasteiger partial charge on any atom is 0.332 e. The van der Waals surface area contributed by atoms with Gasteiger partial charge in [-0.3, -0.25) is 28.4 Å². The van der Waals surface area contributed by atoms with E-state index in [1.54, 1.807) is 37.6 Å². The Hall–Kier alpha value is -5.24. The van der Waals surface area contributed by atoms with E-state index in [1.807, 2.05) is 6.92 Å². The highest BCUT2D eigenvalue weighted by molar-refractivity contribution is 6.05. The summed E-state index contributed by atoms with van der Waals surface area (Å²) < 4.78 is 36.8. The highest BCUT2D eigenvalue weighted by atomic mass is 19.2. The number of hydrogen-bond acceptors (Lipinski definition) is 7. The molecular formula is C32H33F2N7O5. The second kappa shape index (κ2) is 14.2. The summed E-state index contributed by atoms with van der Waals surface area (Å²) in [5.41, 5.74) is -0.327. The van der Waals surface area contributed by atoms with Crippen LogP contribution in [0.25, 0.3) is 22.6 Å². The van der Waals surface area contributed by atoms with Crippen LogP contribution in [0.2, 0.25) is 0 Å². The number of H-pyrrole nitrogens is 1. The largest absolute Gasteiger partial charge is 0.385 e. The molecule has 5 rings (SSSR count). The Morgan fingerprint density at radius 3 is 2.50 bits per heavy atom. The Morgan fingerprint density at radius 1 is 0.978 bits per heavy atom. The zero-order chi connectivity index (χ0) is 32.8. The lowest BCUT2D eigenvalue weighted by molar-refractivity contribution is 0.0985. The lowest BCUT2D eigenvalue weighted by atomic mass is 10.1. The Kier molecular flexibility index (Phi) is 9.96. The number of nitrogens with one attached hydrogen (secondary N) is 1. The Bertz CT molecular complexity index is 2030. The van der Waals surface area contributed by atoms with Crippen molar-refractivity contribution in [1.82, 2.24) is 28.7 Å². The third-order valence-electron chi connectivity index (χ3n) is 7.43. The van der Waals surface area contributed by atoms with Gasteiger partial charge >= 0.3 is 5.69 Å². The molecule has 0 aliphatic heterocycles. The predicted octanol–water partition coefficient (Wildman–Crippen LogP) is 3.57. The van der Waals surface area contributed by atoms with Crippen LogP contribution < -0.4 is 21.7 Å². The first kappa shape index (κ1) is 32.2. The number of ether oxygens (including phenoxy) is 1. The number of carbonyl (C=O) groups excluding carboxylic acids is 1. The monoisotopic (exact) mass is 633 g/mol. The number of pyridine rings is 2. The van der Waals surface area contributed by atoms with Crippen LogP contribution in [0.5, 0.6) is 0 Å². The van der Waals surface area contributed by atoms with E-state index in [1.165, 1.54) is 36.9 Å². The number of carbonyl (C=O) groups is 1. The molecule has 0 aliphatic carbocycles. The second-order valence-electron chi connectivity index (χ2n) is 10.6. The fraction of sp³-hybridized carbons (Fsp3) is 0.312. The topological polar surface area (TPSA) is 137 Å². The molecule has 1 amide bonds. The molecule has 240 valence electrons. The van der Waals surface area contributed by atoms with Crippen LogP contribution in [0.3, 0.4) is 0 Å². The molecule has 4 aromatic heterocycles. The molecular weight excluding hydrogens is 600 g/mol. The van der Waals surface area contributed by atoms with Crippen molar-refractivity contribution in [2.75, 3.05) is 25.2 Å². The highest BCUT2D eigenvalue weighted by Crippen LogP contribution is 2.23. The quantitative estimate of drug-likeness (QED) is 0.196. The molecule has 0 fully saturated rings. The summed E-state index contributed by atoms with van der Waals surface area (Å²) in [5, 5.41) is 0. The summed E-state index contributed by atoms with van der Waals surface area (Å²) >= 11 is 0. The van der Waals surface area contributed by atoms with E-state index in [4.69, 9.17) is 4.74 Å². The summed E-state index contributed by atoms with van der Waals surface area (Å²) in [6, 6.07) is 10.9. The van der Waals surface area contributed by atoms with Gasteiger partial charge in [-0.2, -0.15) is 0 Å². The summed E-state index contributed by atoms with van der Waals surface area (Å²) in [6.07, 6.45) is 4.58. The minimum Gasteiger partial charge on any atom is -0.385 e. The Balaban J connectivity index is 1.48. The van der Waals surface area contributed by atoms with Crippen molar-refractivity contribution in [2.24, 2.45) is 0 Å². The number of aryl methyl sites for hydroxylation is 2. The number of fused-ring (bicyclic) bond motifs is 1. The normalized spacial score (nSPS) is 11.3. The van der Waals surface area contributed by atoms with Crippen LogP contribution in [0.4, 0.5) is 14.6 Å². The van der Waals surface area contributed by atoms with E-state index in [0.717, 1.165) is 12.1 Å². The SMILES string of the molecule is CCCn1c(=O)n(CCCOC)c(=O)c2[nH]c(-c3ccc(N(CCCn4ccccc4=O)C(=O)c4ccc(F)c(F)c4)nc3)nc21. The number of hydrogen-bond donors (Lipinski definition) is 1. The number of benzene rings is 1. The highest BCUT2D eigenvalue weighted by Gasteiger charge is 2.22. The third-order valence-corrected chi connectivity index (χ3v) is 7.43. The number of rotatable bonds is 13. The molecule has 1 aromatic carbocycles. The minimum absolute atomic E-state index is 0.0744. The molecule has 12 nitrogen and oxygen atoms in total. The van der Waals surface area contributed by atoms with Gasteiger partial charge in [-0.15, -0.1) is 0 Å². The van der Waals surface area contributed by atoms with E-state index in [0.29, 0.717) is 50.3 Å². The van der Waals surface area contributed by atoms with Crippen LogP contribution in [0.15, 0.2) is 75.3 Å². The minimum atomic E-state index is -1.16. The van der Waals surface area contributed by atoms with Crippen LogP contribution >= 0.6 is 0 Å². The summed E-state index contributed by atoms with van der Waals surface area (Å²) in [4.78, 5) is 65.5.